The number of carbonyl (C=O) groups excluding carboxylic acids is 1. The SMILES string of the molecule is C=CCN(CC(F)(F)F)C(=O)/C=C/c1ccc(OC(C)C)c(OC)c1. The van der Waals surface area contributed by atoms with Crippen molar-refractivity contribution in [3.05, 3.63) is 42.5 Å². The average Bonchev–Trinajstić information content (AvgIpc) is 2.51. The summed E-state index contributed by atoms with van der Waals surface area (Å²) in [5.74, 6) is 0.270. The molecule has 0 bridgehead atoms. The number of alkyl halides is 3. The van der Waals surface area contributed by atoms with Crippen molar-refractivity contribution in [2.75, 3.05) is 20.2 Å². The lowest BCUT2D eigenvalue weighted by molar-refractivity contribution is -0.157. The number of halogens is 3. The van der Waals surface area contributed by atoms with Gasteiger partial charge in [0.15, 0.2) is 11.5 Å². The summed E-state index contributed by atoms with van der Waals surface area (Å²) < 4.78 is 48.4. The van der Waals surface area contributed by atoms with Gasteiger partial charge in [-0.15, -0.1) is 6.58 Å². The minimum absolute atomic E-state index is 0.0355. The van der Waals surface area contributed by atoms with Crippen molar-refractivity contribution in [1.82, 2.24) is 4.90 Å². The normalized spacial score (nSPS) is 11.6. The van der Waals surface area contributed by atoms with Crippen LogP contribution in [0.3, 0.4) is 0 Å². The molecule has 0 aliphatic heterocycles. The number of hydrogen-bond donors (Lipinski definition) is 0. The number of nitrogens with zero attached hydrogens (tertiary/aromatic N) is 1. The lowest BCUT2D eigenvalue weighted by atomic mass is 10.2. The summed E-state index contributed by atoms with van der Waals surface area (Å²) >= 11 is 0. The Hall–Kier alpha value is -2.44. The quantitative estimate of drug-likeness (QED) is 0.520. The van der Waals surface area contributed by atoms with Gasteiger partial charge in [0.1, 0.15) is 6.54 Å². The molecule has 1 aromatic rings. The summed E-state index contributed by atoms with van der Waals surface area (Å²) in [4.78, 5) is 12.7. The highest BCUT2D eigenvalue weighted by atomic mass is 19.4. The van der Waals surface area contributed by atoms with Crippen LogP contribution in [0.2, 0.25) is 0 Å². The zero-order chi connectivity index (χ0) is 19.0. The topological polar surface area (TPSA) is 38.8 Å². The fraction of sp³-hybridized carbons (Fsp3) is 0.389. The van der Waals surface area contributed by atoms with E-state index in [2.05, 4.69) is 6.58 Å². The number of carbonyl (C=O) groups is 1. The van der Waals surface area contributed by atoms with Gasteiger partial charge in [-0.3, -0.25) is 4.79 Å². The van der Waals surface area contributed by atoms with Gasteiger partial charge in [-0.05, 0) is 37.6 Å². The van der Waals surface area contributed by atoms with E-state index in [1.165, 1.54) is 19.3 Å². The van der Waals surface area contributed by atoms with E-state index in [1.54, 1.807) is 18.2 Å². The summed E-state index contributed by atoms with van der Waals surface area (Å²) in [6.45, 7) is 5.61. The van der Waals surface area contributed by atoms with Crippen LogP contribution in [0.4, 0.5) is 13.2 Å². The molecule has 138 valence electrons. The lowest BCUT2D eigenvalue weighted by Gasteiger charge is -2.20. The minimum Gasteiger partial charge on any atom is -0.493 e. The van der Waals surface area contributed by atoms with Crippen LogP contribution in [0.1, 0.15) is 19.4 Å². The molecule has 0 aromatic heterocycles. The first kappa shape index (κ1) is 20.6. The third-order valence-electron chi connectivity index (χ3n) is 3.00. The third-order valence-corrected chi connectivity index (χ3v) is 3.00. The second kappa shape index (κ2) is 9.15. The number of benzene rings is 1. The van der Waals surface area contributed by atoms with Gasteiger partial charge in [0.05, 0.1) is 13.2 Å². The van der Waals surface area contributed by atoms with Gasteiger partial charge >= 0.3 is 6.18 Å². The highest BCUT2D eigenvalue weighted by molar-refractivity contribution is 5.92. The molecule has 0 saturated heterocycles. The summed E-state index contributed by atoms with van der Waals surface area (Å²) in [6.07, 6.45) is -0.736. The molecule has 0 unspecified atom stereocenters. The first-order valence-corrected chi connectivity index (χ1v) is 7.65. The van der Waals surface area contributed by atoms with Crippen LogP contribution in [0.25, 0.3) is 6.08 Å². The van der Waals surface area contributed by atoms with Crippen LogP contribution in [-0.2, 0) is 4.79 Å². The van der Waals surface area contributed by atoms with Crippen LogP contribution in [0.5, 0.6) is 11.5 Å². The van der Waals surface area contributed by atoms with Crippen molar-refractivity contribution in [3.63, 3.8) is 0 Å². The first-order chi connectivity index (χ1) is 11.7. The van der Waals surface area contributed by atoms with Crippen LogP contribution in [-0.4, -0.2) is 43.3 Å². The molecule has 0 radical (unpaired) electrons. The van der Waals surface area contributed by atoms with Crippen molar-refractivity contribution in [2.45, 2.75) is 26.1 Å². The number of ether oxygens (including phenoxy) is 2. The van der Waals surface area contributed by atoms with Gasteiger partial charge in [-0.2, -0.15) is 13.2 Å². The number of amides is 1. The van der Waals surface area contributed by atoms with E-state index in [4.69, 9.17) is 9.47 Å². The Labute approximate surface area is 145 Å². The van der Waals surface area contributed by atoms with Crippen LogP contribution in [0.15, 0.2) is 36.9 Å². The van der Waals surface area contributed by atoms with E-state index in [1.807, 2.05) is 13.8 Å². The first-order valence-electron chi connectivity index (χ1n) is 7.65. The second-order valence-corrected chi connectivity index (χ2v) is 5.53. The Morgan fingerprint density at radius 3 is 2.52 bits per heavy atom. The molecular weight excluding hydrogens is 335 g/mol. The molecule has 0 aliphatic rings. The predicted molar refractivity (Wildman–Crippen MR) is 90.6 cm³/mol. The molecule has 0 N–H and O–H groups in total. The van der Waals surface area contributed by atoms with Gasteiger partial charge < -0.3 is 14.4 Å². The maximum Gasteiger partial charge on any atom is 0.406 e. The highest BCUT2D eigenvalue weighted by Gasteiger charge is 2.31. The van der Waals surface area contributed by atoms with Gasteiger partial charge in [-0.1, -0.05) is 12.1 Å². The van der Waals surface area contributed by atoms with Crippen molar-refractivity contribution in [2.24, 2.45) is 0 Å². The zero-order valence-electron chi connectivity index (χ0n) is 14.5. The fourth-order valence-electron chi connectivity index (χ4n) is 2.02. The second-order valence-electron chi connectivity index (χ2n) is 5.53. The Bertz CT molecular complexity index is 624. The molecule has 7 heteroatoms. The molecule has 4 nitrogen and oxygen atoms in total. The zero-order valence-corrected chi connectivity index (χ0v) is 14.5. The third kappa shape index (κ3) is 7.32. The molecule has 0 fully saturated rings. The Morgan fingerprint density at radius 2 is 2.00 bits per heavy atom. The summed E-state index contributed by atoms with van der Waals surface area (Å²) in [6, 6.07) is 5.01. The number of hydrogen-bond acceptors (Lipinski definition) is 3. The Kier molecular flexibility index (Phi) is 7.54. The van der Waals surface area contributed by atoms with Crippen LogP contribution >= 0.6 is 0 Å². The smallest absolute Gasteiger partial charge is 0.406 e. The molecule has 0 saturated carbocycles. The molecule has 0 heterocycles. The van der Waals surface area contributed by atoms with E-state index < -0.39 is 18.6 Å². The van der Waals surface area contributed by atoms with Crippen LogP contribution < -0.4 is 9.47 Å². The number of rotatable bonds is 8. The summed E-state index contributed by atoms with van der Waals surface area (Å²) in [7, 11) is 1.48. The summed E-state index contributed by atoms with van der Waals surface area (Å²) in [5, 5.41) is 0. The van der Waals surface area contributed by atoms with Gasteiger partial charge in [0, 0.05) is 12.6 Å². The van der Waals surface area contributed by atoms with Gasteiger partial charge in [0.25, 0.3) is 0 Å². The van der Waals surface area contributed by atoms with Crippen molar-refractivity contribution >= 4 is 12.0 Å². The Morgan fingerprint density at radius 1 is 1.32 bits per heavy atom. The monoisotopic (exact) mass is 357 g/mol. The predicted octanol–water partition coefficient (Wildman–Crippen LogP) is 4.07. The van der Waals surface area contributed by atoms with Gasteiger partial charge in [0.2, 0.25) is 5.91 Å². The molecule has 0 aliphatic carbocycles. The maximum atomic E-state index is 12.5. The fourth-order valence-corrected chi connectivity index (χ4v) is 2.02. The molecular formula is C18H22F3NO3. The summed E-state index contributed by atoms with van der Waals surface area (Å²) in [5.41, 5.74) is 0.604. The van der Waals surface area contributed by atoms with Crippen molar-refractivity contribution < 1.29 is 27.4 Å². The molecule has 25 heavy (non-hydrogen) atoms. The minimum atomic E-state index is -4.47. The molecule has 1 rings (SSSR count). The highest BCUT2D eigenvalue weighted by Crippen LogP contribution is 2.29. The van der Waals surface area contributed by atoms with Crippen LogP contribution in [0, 0.1) is 0 Å². The van der Waals surface area contributed by atoms with Crippen molar-refractivity contribution in [1.29, 1.82) is 0 Å². The van der Waals surface area contributed by atoms with E-state index in [0.717, 1.165) is 6.08 Å². The van der Waals surface area contributed by atoms with Gasteiger partial charge in [-0.25, -0.2) is 0 Å². The standard InChI is InChI=1S/C18H22F3NO3/c1-5-10-22(12-18(19,20)21)17(23)9-7-14-6-8-15(25-13(2)3)16(11-14)24-4/h5-9,11,13H,1,10,12H2,2-4H3/b9-7+. The average molecular weight is 357 g/mol. The van der Waals surface area contributed by atoms with E-state index in [9.17, 15) is 18.0 Å². The molecule has 1 aromatic carbocycles. The molecule has 0 spiro atoms. The molecule has 1 amide bonds. The van der Waals surface area contributed by atoms with E-state index in [0.29, 0.717) is 22.0 Å². The molecule has 0 atom stereocenters. The van der Waals surface area contributed by atoms with E-state index >= 15 is 0 Å². The maximum absolute atomic E-state index is 12.5. The lowest BCUT2D eigenvalue weighted by Crippen LogP contribution is -2.38. The number of methoxy groups -OCH3 is 1. The Balaban J connectivity index is 2.91. The largest absolute Gasteiger partial charge is 0.493 e. The van der Waals surface area contributed by atoms with Crippen molar-refractivity contribution in [3.8, 4) is 11.5 Å². The van der Waals surface area contributed by atoms with E-state index in [-0.39, 0.29) is 12.6 Å².